The first-order valence-corrected chi connectivity index (χ1v) is 11.3. The van der Waals surface area contributed by atoms with Gasteiger partial charge < -0.3 is 10.1 Å². The van der Waals surface area contributed by atoms with Crippen LogP contribution < -0.4 is 10.1 Å². The molecule has 1 saturated heterocycles. The molecule has 0 bridgehead atoms. The summed E-state index contributed by atoms with van der Waals surface area (Å²) in [6.45, 7) is 2.27. The number of hydrogen-bond donors (Lipinski definition) is 1. The normalized spacial score (nSPS) is 17.7. The lowest BCUT2D eigenvalue weighted by molar-refractivity contribution is -0.120. The van der Waals surface area contributed by atoms with Crippen LogP contribution in [0.4, 0.5) is 5.69 Å². The predicted molar refractivity (Wildman–Crippen MR) is 114 cm³/mol. The summed E-state index contributed by atoms with van der Waals surface area (Å²) >= 11 is 12.1. The van der Waals surface area contributed by atoms with Crippen molar-refractivity contribution in [2.24, 2.45) is 5.92 Å². The minimum absolute atomic E-state index is 0.109. The maximum atomic E-state index is 13.1. The van der Waals surface area contributed by atoms with E-state index in [-0.39, 0.29) is 22.4 Å². The summed E-state index contributed by atoms with van der Waals surface area (Å²) in [7, 11) is -2.17. The van der Waals surface area contributed by atoms with Gasteiger partial charge in [-0.15, -0.1) is 0 Å². The Morgan fingerprint density at radius 3 is 2.69 bits per heavy atom. The molecule has 0 spiro atoms. The number of methoxy groups -OCH3 is 1. The second-order valence-corrected chi connectivity index (χ2v) is 9.65. The van der Waals surface area contributed by atoms with Gasteiger partial charge in [0.15, 0.2) is 0 Å². The Hall–Kier alpha value is -1.80. The van der Waals surface area contributed by atoms with Crippen LogP contribution in [0, 0.1) is 12.8 Å². The lowest BCUT2D eigenvalue weighted by atomic mass is 9.99. The minimum Gasteiger partial charge on any atom is -0.496 e. The first kappa shape index (κ1) is 21.9. The van der Waals surface area contributed by atoms with Gasteiger partial charge in [0.2, 0.25) is 15.9 Å². The lowest BCUT2D eigenvalue weighted by Crippen LogP contribution is -2.43. The quantitative estimate of drug-likeness (QED) is 0.725. The van der Waals surface area contributed by atoms with Crippen molar-refractivity contribution in [3.63, 3.8) is 0 Å². The summed E-state index contributed by atoms with van der Waals surface area (Å²) in [5, 5.41) is 3.36. The zero-order valence-corrected chi connectivity index (χ0v) is 18.4. The number of rotatable bonds is 5. The molecule has 0 unspecified atom stereocenters. The summed E-state index contributed by atoms with van der Waals surface area (Å²) in [6.07, 6.45) is 1.19. The highest BCUT2D eigenvalue weighted by Crippen LogP contribution is 2.31. The van der Waals surface area contributed by atoms with Crippen LogP contribution in [0.3, 0.4) is 0 Å². The Kier molecular flexibility index (Phi) is 6.73. The lowest BCUT2D eigenvalue weighted by Gasteiger charge is -2.31. The fraction of sp³-hybridized carbons (Fsp3) is 0.350. The number of ether oxygens (including phenoxy) is 1. The number of carbonyl (C=O) groups is 1. The van der Waals surface area contributed by atoms with Gasteiger partial charge >= 0.3 is 0 Å². The van der Waals surface area contributed by atoms with E-state index in [1.807, 2.05) is 0 Å². The van der Waals surface area contributed by atoms with Crippen LogP contribution in [0.2, 0.25) is 10.0 Å². The molecule has 1 aliphatic rings. The zero-order valence-electron chi connectivity index (χ0n) is 16.1. The number of halogens is 2. The van der Waals surface area contributed by atoms with Gasteiger partial charge in [-0.25, -0.2) is 8.42 Å². The number of nitrogens with zero attached hydrogens (tertiary/aromatic N) is 1. The number of anilines is 1. The first-order valence-electron chi connectivity index (χ1n) is 9.13. The zero-order chi connectivity index (χ0) is 21.2. The number of hydrogen-bond acceptors (Lipinski definition) is 4. The molecule has 1 N–H and O–H groups in total. The van der Waals surface area contributed by atoms with E-state index in [0.717, 1.165) is 5.56 Å². The van der Waals surface area contributed by atoms with E-state index in [1.165, 1.54) is 17.5 Å². The molecule has 0 aliphatic carbocycles. The SMILES string of the molecule is COc1ccc(S(=O)(=O)N2CCC[C@@H](C(=O)Nc3cccc(Cl)c3Cl)C2)cc1C. The smallest absolute Gasteiger partial charge is 0.243 e. The van der Waals surface area contributed by atoms with E-state index in [9.17, 15) is 13.2 Å². The molecule has 3 rings (SSSR count). The first-order chi connectivity index (χ1) is 13.7. The molecule has 1 amide bonds. The second kappa shape index (κ2) is 8.92. The van der Waals surface area contributed by atoms with Gasteiger partial charge in [0.1, 0.15) is 5.75 Å². The van der Waals surface area contributed by atoms with Crippen molar-refractivity contribution in [3.05, 3.63) is 52.0 Å². The Balaban J connectivity index is 1.76. The summed E-state index contributed by atoms with van der Waals surface area (Å²) < 4.78 is 32.7. The van der Waals surface area contributed by atoms with Crippen LogP contribution in [-0.4, -0.2) is 38.8 Å². The van der Waals surface area contributed by atoms with Crippen LogP contribution in [0.15, 0.2) is 41.3 Å². The van der Waals surface area contributed by atoms with Crippen LogP contribution in [0.5, 0.6) is 5.75 Å². The number of sulfonamides is 1. The molecule has 1 aliphatic heterocycles. The average molecular weight is 457 g/mol. The molecule has 156 valence electrons. The molecular formula is C20H22Cl2N2O4S. The van der Waals surface area contributed by atoms with E-state index in [2.05, 4.69) is 5.32 Å². The molecule has 1 atom stereocenters. The highest BCUT2D eigenvalue weighted by Gasteiger charge is 2.33. The summed E-state index contributed by atoms with van der Waals surface area (Å²) in [6, 6.07) is 9.72. The number of amides is 1. The van der Waals surface area contributed by atoms with Crippen molar-refractivity contribution in [1.29, 1.82) is 0 Å². The van der Waals surface area contributed by atoms with E-state index >= 15 is 0 Å². The molecule has 6 nitrogen and oxygen atoms in total. The summed E-state index contributed by atoms with van der Waals surface area (Å²) in [4.78, 5) is 12.9. The van der Waals surface area contributed by atoms with Gasteiger partial charge in [0.25, 0.3) is 0 Å². The van der Waals surface area contributed by atoms with Crippen LogP contribution in [-0.2, 0) is 14.8 Å². The number of benzene rings is 2. The largest absolute Gasteiger partial charge is 0.496 e. The molecule has 2 aromatic carbocycles. The van der Waals surface area contributed by atoms with E-state index in [1.54, 1.807) is 37.3 Å². The van der Waals surface area contributed by atoms with Crippen molar-refractivity contribution in [3.8, 4) is 5.75 Å². The summed E-state index contributed by atoms with van der Waals surface area (Å²) in [5.41, 5.74) is 1.14. The van der Waals surface area contributed by atoms with E-state index < -0.39 is 15.9 Å². The second-order valence-electron chi connectivity index (χ2n) is 6.92. The molecule has 1 heterocycles. The molecule has 2 aromatic rings. The molecule has 1 fully saturated rings. The highest BCUT2D eigenvalue weighted by molar-refractivity contribution is 7.89. The Bertz CT molecular complexity index is 1030. The Morgan fingerprint density at radius 2 is 2.00 bits per heavy atom. The van der Waals surface area contributed by atoms with Crippen LogP contribution in [0.25, 0.3) is 0 Å². The standard InChI is InChI=1S/C20H22Cl2N2O4S/c1-13-11-15(8-9-18(13)28-2)29(26,27)24-10-4-5-14(12-24)20(25)23-17-7-3-6-16(21)19(17)22/h3,6-9,11,14H,4-5,10,12H2,1-2H3,(H,23,25)/t14-/m1/s1. The van der Waals surface area contributed by atoms with Gasteiger partial charge in [-0.1, -0.05) is 29.3 Å². The Labute approximate surface area is 180 Å². The van der Waals surface area contributed by atoms with Crippen molar-refractivity contribution < 1.29 is 17.9 Å². The third kappa shape index (κ3) is 4.69. The molecule has 9 heteroatoms. The predicted octanol–water partition coefficient (Wildman–Crippen LogP) is 4.35. The number of carbonyl (C=O) groups excluding carboxylic acids is 1. The molecule has 29 heavy (non-hydrogen) atoms. The van der Waals surface area contributed by atoms with Crippen molar-refractivity contribution in [2.75, 3.05) is 25.5 Å². The van der Waals surface area contributed by atoms with Crippen molar-refractivity contribution in [1.82, 2.24) is 4.31 Å². The van der Waals surface area contributed by atoms with Crippen LogP contribution >= 0.6 is 23.2 Å². The third-order valence-electron chi connectivity index (χ3n) is 4.97. The summed E-state index contributed by atoms with van der Waals surface area (Å²) in [5.74, 6) is -0.133. The van der Waals surface area contributed by atoms with E-state index in [0.29, 0.717) is 35.8 Å². The van der Waals surface area contributed by atoms with Gasteiger partial charge in [-0.3, -0.25) is 4.79 Å². The number of aryl methyl sites for hydroxylation is 1. The van der Waals surface area contributed by atoms with Gasteiger partial charge in [-0.2, -0.15) is 4.31 Å². The topological polar surface area (TPSA) is 75.7 Å². The average Bonchev–Trinajstić information content (AvgIpc) is 2.71. The van der Waals surface area contributed by atoms with E-state index in [4.69, 9.17) is 27.9 Å². The maximum Gasteiger partial charge on any atom is 0.243 e. The maximum absolute atomic E-state index is 13.1. The fourth-order valence-electron chi connectivity index (χ4n) is 3.37. The number of nitrogens with one attached hydrogen (secondary N) is 1. The monoisotopic (exact) mass is 456 g/mol. The Morgan fingerprint density at radius 1 is 1.24 bits per heavy atom. The van der Waals surface area contributed by atoms with Gasteiger partial charge in [-0.05, 0) is 55.7 Å². The molecule has 0 saturated carbocycles. The van der Waals surface area contributed by atoms with Crippen molar-refractivity contribution >= 4 is 44.8 Å². The molecule has 0 radical (unpaired) electrons. The van der Waals surface area contributed by atoms with Gasteiger partial charge in [0, 0.05) is 13.1 Å². The van der Waals surface area contributed by atoms with Crippen molar-refractivity contribution in [2.45, 2.75) is 24.7 Å². The fourth-order valence-corrected chi connectivity index (χ4v) is 5.33. The number of piperidine rings is 1. The third-order valence-corrected chi connectivity index (χ3v) is 7.65. The van der Waals surface area contributed by atoms with Gasteiger partial charge in [0.05, 0.1) is 33.7 Å². The molecule has 0 aromatic heterocycles. The highest BCUT2D eigenvalue weighted by atomic mass is 35.5. The minimum atomic E-state index is -3.71. The van der Waals surface area contributed by atoms with Crippen LogP contribution in [0.1, 0.15) is 18.4 Å². The molecular weight excluding hydrogens is 435 g/mol.